The zero-order valence-corrected chi connectivity index (χ0v) is 31.0. The smallest absolute Gasteiger partial charge is 0.0584 e. The Balaban J connectivity index is 1.05. The van der Waals surface area contributed by atoms with Crippen LogP contribution >= 0.6 is 0 Å². The molecule has 2 nitrogen and oxygen atoms in total. The van der Waals surface area contributed by atoms with Crippen LogP contribution in [-0.4, -0.2) is 4.57 Å². The second-order valence-electron chi connectivity index (χ2n) is 15.0. The van der Waals surface area contributed by atoms with E-state index in [4.69, 9.17) is 0 Å². The quantitative estimate of drug-likeness (QED) is 0.160. The number of benzene rings is 8. The van der Waals surface area contributed by atoms with Crippen LogP contribution in [0.1, 0.15) is 25.0 Å². The molecule has 1 aliphatic carbocycles. The number of hydrogen-bond donors (Lipinski definition) is 0. The highest BCUT2D eigenvalue weighted by Crippen LogP contribution is 2.54. The van der Waals surface area contributed by atoms with Crippen LogP contribution < -0.4 is 4.90 Å². The summed E-state index contributed by atoms with van der Waals surface area (Å²) in [7, 11) is 0. The van der Waals surface area contributed by atoms with Gasteiger partial charge in [-0.15, -0.1) is 0 Å². The van der Waals surface area contributed by atoms with E-state index in [1.807, 2.05) is 0 Å². The molecule has 262 valence electrons. The molecule has 0 N–H and O–H groups in total. The lowest BCUT2D eigenvalue weighted by molar-refractivity contribution is 0.666. The summed E-state index contributed by atoms with van der Waals surface area (Å²) in [4.78, 5) is 2.31. The van der Waals surface area contributed by atoms with Crippen molar-refractivity contribution in [1.29, 1.82) is 0 Å². The molecule has 10 rings (SSSR count). The van der Waals surface area contributed by atoms with Crippen LogP contribution in [0, 0.1) is 0 Å². The first-order chi connectivity index (χ1) is 27.0. The van der Waals surface area contributed by atoms with Gasteiger partial charge in [0.15, 0.2) is 0 Å². The van der Waals surface area contributed by atoms with Crippen molar-refractivity contribution >= 4 is 28.0 Å². The van der Waals surface area contributed by atoms with Crippen molar-refractivity contribution in [2.45, 2.75) is 19.3 Å². The lowest BCUT2D eigenvalue weighted by Crippen LogP contribution is -2.14. The molecule has 0 unspecified atom stereocenters. The molecule has 0 fully saturated rings. The van der Waals surface area contributed by atoms with Crippen molar-refractivity contribution in [3.8, 4) is 50.3 Å². The molecule has 0 radical (unpaired) electrons. The third-order valence-corrected chi connectivity index (χ3v) is 11.4. The maximum atomic E-state index is 2.49. The van der Waals surface area contributed by atoms with Gasteiger partial charge in [0.05, 0.1) is 11.2 Å². The molecule has 1 heterocycles. The molecule has 0 saturated carbocycles. The van der Waals surface area contributed by atoms with E-state index in [1.165, 1.54) is 72.4 Å². The Morgan fingerprint density at radius 1 is 0.400 bits per heavy atom. The first-order valence-corrected chi connectivity index (χ1v) is 19.1. The molecular weight excluding hydrogens is 665 g/mol. The highest BCUT2D eigenvalue weighted by molar-refractivity contribution is 6.01. The number of fused-ring (bicyclic) bond motifs is 5. The molecule has 0 aliphatic heterocycles. The highest BCUT2D eigenvalue weighted by Gasteiger charge is 2.40. The van der Waals surface area contributed by atoms with E-state index < -0.39 is 0 Å². The second-order valence-corrected chi connectivity index (χ2v) is 15.0. The topological polar surface area (TPSA) is 8.17 Å². The first-order valence-electron chi connectivity index (χ1n) is 19.1. The van der Waals surface area contributed by atoms with Gasteiger partial charge >= 0.3 is 0 Å². The lowest BCUT2D eigenvalue weighted by Gasteiger charge is -2.25. The number of nitrogens with zero attached hydrogens (tertiary/aromatic N) is 2. The predicted octanol–water partition coefficient (Wildman–Crippen LogP) is 14.4. The Kier molecular flexibility index (Phi) is 7.85. The minimum absolute atomic E-state index is 0.149. The van der Waals surface area contributed by atoms with Gasteiger partial charge in [0.1, 0.15) is 0 Å². The summed E-state index contributed by atoms with van der Waals surface area (Å²) in [6.45, 7) is 4.76. The van der Waals surface area contributed by atoms with Crippen molar-refractivity contribution in [1.82, 2.24) is 4.57 Å². The number of rotatable bonds is 7. The van der Waals surface area contributed by atoms with Crippen LogP contribution in [0.5, 0.6) is 0 Å². The number of hydrogen-bond acceptors (Lipinski definition) is 1. The van der Waals surface area contributed by atoms with Gasteiger partial charge in [-0.2, -0.15) is 0 Å². The largest absolute Gasteiger partial charge is 0.311 e. The first kappa shape index (κ1) is 32.7. The Labute approximate surface area is 323 Å². The van der Waals surface area contributed by atoms with Gasteiger partial charge in [-0.05, 0) is 105 Å². The molecule has 0 saturated heterocycles. The number of aromatic nitrogens is 1. The SMILES string of the molecule is CC1(C)c2ccccc2-c2c1c1cc(-c3ccc(N(c4ccccc4)c4ccccc4)cc3)ccc1n2-c1ccc(-c2ccc(-c3ccccc3)cc2)cc1. The second kappa shape index (κ2) is 13.2. The molecule has 1 aromatic heterocycles. The normalized spacial score (nSPS) is 12.7. The molecule has 2 heteroatoms. The maximum Gasteiger partial charge on any atom is 0.0584 e. The van der Waals surface area contributed by atoms with Gasteiger partial charge in [-0.1, -0.05) is 159 Å². The van der Waals surface area contributed by atoms with Crippen molar-refractivity contribution < 1.29 is 0 Å². The molecule has 9 aromatic rings. The van der Waals surface area contributed by atoms with Crippen molar-refractivity contribution in [2.24, 2.45) is 0 Å². The van der Waals surface area contributed by atoms with Crippen molar-refractivity contribution in [3.63, 3.8) is 0 Å². The van der Waals surface area contributed by atoms with Gasteiger partial charge in [-0.25, -0.2) is 0 Å². The zero-order valence-electron chi connectivity index (χ0n) is 31.0. The third-order valence-electron chi connectivity index (χ3n) is 11.4. The van der Waals surface area contributed by atoms with Crippen molar-refractivity contribution in [3.05, 3.63) is 217 Å². The minimum atomic E-state index is -0.149. The standard InChI is InChI=1S/C53H40N2/c1-53(2)49-21-13-12-20-47(49)52-51(53)48-36-42(41-28-31-45(32-29-41)54(43-16-8-4-9-17-43)44-18-10-5-11-19-44)30-35-50(48)55(52)46-33-26-40(27-34-46)39-24-22-38(23-25-39)37-14-6-3-7-15-37/h3-36H,1-2H3. The van der Waals surface area contributed by atoms with E-state index in [9.17, 15) is 0 Å². The molecule has 1 aliphatic rings. The van der Waals surface area contributed by atoms with Gasteiger partial charge in [0.2, 0.25) is 0 Å². The Bertz CT molecular complexity index is 2740. The number of anilines is 3. The highest BCUT2D eigenvalue weighted by atomic mass is 15.1. The molecule has 55 heavy (non-hydrogen) atoms. The third kappa shape index (κ3) is 5.57. The van der Waals surface area contributed by atoms with Gasteiger partial charge in [0.25, 0.3) is 0 Å². The summed E-state index contributed by atoms with van der Waals surface area (Å²) in [5.41, 5.74) is 18.3. The molecule has 8 aromatic carbocycles. The summed E-state index contributed by atoms with van der Waals surface area (Å²) >= 11 is 0. The maximum absolute atomic E-state index is 2.49. The van der Waals surface area contributed by atoms with E-state index in [2.05, 4.69) is 230 Å². The van der Waals surface area contributed by atoms with Crippen LogP contribution in [0.4, 0.5) is 17.1 Å². The summed E-state index contributed by atoms with van der Waals surface area (Å²) in [6, 6.07) is 74.7. The lowest BCUT2D eigenvalue weighted by atomic mass is 9.81. The van der Waals surface area contributed by atoms with Crippen LogP contribution in [0.2, 0.25) is 0 Å². The van der Waals surface area contributed by atoms with Gasteiger partial charge in [-0.3, -0.25) is 0 Å². The Morgan fingerprint density at radius 3 is 1.44 bits per heavy atom. The minimum Gasteiger partial charge on any atom is -0.311 e. The molecule has 0 bridgehead atoms. The predicted molar refractivity (Wildman–Crippen MR) is 232 cm³/mol. The molecular formula is C53H40N2. The van der Waals surface area contributed by atoms with E-state index >= 15 is 0 Å². The monoisotopic (exact) mass is 704 g/mol. The summed E-state index contributed by atoms with van der Waals surface area (Å²) in [5, 5.41) is 1.30. The zero-order chi connectivity index (χ0) is 36.9. The fraction of sp³-hybridized carbons (Fsp3) is 0.0566. The van der Waals surface area contributed by atoms with E-state index in [0.29, 0.717) is 0 Å². The molecule has 0 spiro atoms. The van der Waals surface area contributed by atoms with Crippen molar-refractivity contribution in [2.75, 3.05) is 4.90 Å². The van der Waals surface area contributed by atoms with E-state index in [0.717, 1.165) is 17.1 Å². The summed E-state index contributed by atoms with van der Waals surface area (Å²) < 4.78 is 2.49. The van der Waals surface area contributed by atoms with Gasteiger partial charge in [0, 0.05) is 39.1 Å². The average molecular weight is 705 g/mol. The van der Waals surface area contributed by atoms with Crippen LogP contribution in [0.25, 0.3) is 61.2 Å². The van der Waals surface area contributed by atoms with Crippen LogP contribution in [0.15, 0.2) is 206 Å². The number of para-hydroxylation sites is 2. The van der Waals surface area contributed by atoms with Crippen LogP contribution in [-0.2, 0) is 5.41 Å². The molecule has 0 atom stereocenters. The summed E-state index contributed by atoms with van der Waals surface area (Å²) in [6.07, 6.45) is 0. The fourth-order valence-electron chi connectivity index (χ4n) is 8.69. The molecule has 0 amide bonds. The Hall–Kier alpha value is -6.90. The fourth-order valence-corrected chi connectivity index (χ4v) is 8.69. The van der Waals surface area contributed by atoms with Gasteiger partial charge < -0.3 is 9.47 Å². The average Bonchev–Trinajstić information content (AvgIpc) is 3.72. The van der Waals surface area contributed by atoms with E-state index in [-0.39, 0.29) is 5.41 Å². The van der Waals surface area contributed by atoms with E-state index in [1.54, 1.807) is 0 Å². The Morgan fingerprint density at radius 2 is 0.836 bits per heavy atom. The van der Waals surface area contributed by atoms with Crippen LogP contribution in [0.3, 0.4) is 0 Å². The summed E-state index contributed by atoms with van der Waals surface area (Å²) in [5.74, 6) is 0.